The van der Waals surface area contributed by atoms with Crippen LogP contribution < -0.4 is 0 Å². The van der Waals surface area contributed by atoms with Gasteiger partial charge in [-0.3, -0.25) is 0 Å². The first kappa shape index (κ1) is 13.4. The third-order valence-electron chi connectivity index (χ3n) is 2.50. The van der Waals surface area contributed by atoms with E-state index in [1.807, 2.05) is 25.1 Å². The van der Waals surface area contributed by atoms with Crippen LogP contribution in [0.4, 0.5) is 0 Å². The van der Waals surface area contributed by atoms with Crippen molar-refractivity contribution in [2.75, 3.05) is 0 Å². The van der Waals surface area contributed by atoms with Crippen molar-refractivity contribution in [1.82, 2.24) is 15.0 Å². The van der Waals surface area contributed by atoms with Gasteiger partial charge in [0.15, 0.2) is 5.82 Å². The SMILES string of the molecule is Cc1cccc(-c2nc(Cl)c(Br)c(C(C)C)n2)n1. The average Bonchev–Trinajstić information content (AvgIpc) is 2.32. The van der Waals surface area contributed by atoms with Gasteiger partial charge >= 0.3 is 0 Å². The highest BCUT2D eigenvalue weighted by atomic mass is 79.9. The number of aryl methyl sites for hydroxylation is 1. The Balaban J connectivity index is 2.59. The van der Waals surface area contributed by atoms with Crippen LogP contribution in [0.5, 0.6) is 0 Å². The number of hydrogen-bond donors (Lipinski definition) is 0. The fourth-order valence-electron chi connectivity index (χ4n) is 1.60. The molecule has 0 unspecified atom stereocenters. The third-order valence-corrected chi connectivity index (χ3v) is 3.78. The van der Waals surface area contributed by atoms with Crippen molar-refractivity contribution in [2.45, 2.75) is 26.7 Å². The van der Waals surface area contributed by atoms with E-state index in [1.165, 1.54) is 0 Å². The Morgan fingerprint density at radius 3 is 2.50 bits per heavy atom. The van der Waals surface area contributed by atoms with Gasteiger partial charge in [0.2, 0.25) is 0 Å². The van der Waals surface area contributed by atoms with E-state index < -0.39 is 0 Å². The molecule has 2 rings (SSSR count). The first-order valence-electron chi connectivity index (χ1n) is 5.66. The number of aromatic nitrogens is 3. The van der Waals surface area contributed by atoms with Gasteiger partial charge in [-0.25, -0.2) is 15.0 Å². The molecule has 0 saturated heterocycles. The molecule has 0 aliphatic rings. The summed E-state index contributed by atoms with van der Waals surface area (Å²) in [6, 6.07) is 5.76. The lowest BCUT2D eigenvalue weighted by Crippen LogP contribution is -2.01. The van der Waals surface area contributed by atoms with Crippen molar-refractivity contribution in [2.24, 2.45) is 0 Å². The lowest BCUT2D eigenvalue weighted by Gasteiger charge is -2.10. The maximum absolute atomic E-state index is 6.13. The smallest absolute Gasteiger partial charge is 0.179 e. The second kappa shape index (κ2) is 5.33. The highest BCUT2D eigenvalue weighted by molar-refractivity contribution is 9.10. The van der Waals surface area contributed by atoms with Crippen molar-refractivity contribution < 1.29 is 0 Å². The van der Waals surface area contributed by atoms with Crippen LogP contribution in [-0.4, -0.2) is 15.0 Å². The molecule has 0 atom stereocenters. The minimum atomic E-state index is 0.267. The van der Waals surface area contributed by atoms with E-state index in [2.05, 4.69) is 44.7 Å². The van der Waals surface area contributed by atoms with E-state index in [4.69, 9.17) is 11.6 Å². The molecule has 18 heavy (non-hydrogen) atoms. The molecule has 0 aromatic carbocycles. The molecule has 0 bridgehead atoms. The molecule has 2 heterocycles. The summed E-state index contributed by atoms with van der Waals surface area (Å²) in [5.41, 5.74) is 2.57. The quantitative estimate of drug-likeness (QED) is 0.768. The normalized spacial score (nSPS) is 11.0. The molecular formula is C13H13BrClN3. The standard InChI is InChI=1S/C13H13BrClN3/c1-7(2)11-10(14)12(15)18-13(17-11)9-6-4-5-8(3)16-9/h4-7H,1-3H3. The Morgan fingerprint density at radius 2 is 1.89 bits per heavy atom. The molecule has 0 amide bonds. The van der Waals surface area contributed by atoms with E-state index >= 15 is 0 Å². The predicted octanol–water partition coefficient (Wildman–Crippen LogP) is 4.39. The first-order chi connectivity index (χ1) is 8.49. The van der Waals surface area contributed by atoms with Gasteiger partial charge in [-0.05, 0) is 40.9 Å². The first-order valence-corrected chi connectivity index (χ1v) is 6.83. The van der Waals surface area contributed by atoms with Gasteiger partial charge < -0.3 is 0 Å². The number of rotatable bonds is 2. The summed E-state index contributed by atoms with van der Waals surface area (Å²) in [6.45, 7) is 6.07. The Kier molecular flexibility index (Phi) is 3.97. The van der Waals surface area contributed by atoms with Crippen LogP contribution in [0.3, 0.4) is 0 Å². The zero-order chi connectivity index (χ0) is 13.3. The van der Waals surface area contributed by atoms with E-state index in [0.29, 0.717) is 11.0 Å². The van der Waals surface area contributed by atoms with E-state index in [0.717, 1.165) is 21.6 Å². The van der Waals surface area contributed by atoms with Crippen LogP contribution >= 0.6 is 27.5 Å². The van der Waals surface area contributed by atoms with Gasteiger partial charge in [0.25, 0.3) is 0 Å². The van der Waals surface area contributed by atoms with Gasteiger partial charge in [-0.15, -0.1) is 0 Å². The monoisotopic (exact) mass is 325 g/mol. The maximum Gasteiger partial charge on any atom is 0.179 e. The van der Waals surface area contributed by atoms with Crippen LogP contribution in [0.25, 0.3) is 11.5 Å². The molecule has 94 valence electrons. The molecule has 2 aromatic rings. The Bertz CT molecular complexity index is 584. The van der Waals surface area contributed by atoms with Crippen LogP contribution in [0, 0.1) is 6.92 Å². The van der Waals surface area contributed by atoms with Crippen LogP contribution in [0.1, 0.15) is 31.2 Å². The fourth-order valence-corrected chi connectivity index (χ4v) is 2.41. The predicted molar refractivity (Wildman–Crippen MR) is 76.8 cm³/mol. The van der Waals surface area contributed by atoms with Crippen LogP contribution in [-0.2, 0) is 0 Å². The summed E-state index contributed by atoms with van der Waals surface area (Å²) in [5.74, 6) is 0.832. The maximum atomic E-state index is 6.13. The minimum Gasteiger partial charge on any atom is -0.250 e. The Hall–Kier alpha value is -1.000. The van der Waals surface area contributed by atoms with Crippen LogP contribution in [0.15, 0.2) is 22.7 Å². The Labute approximate surface area is 120 Å². The van der Waals surface area contributed by atoms with Gasteiger partial charge in [0.05, 0.1) is 10.2 Å². The molecule has 3 nitrogen and oxygen atoms in total. The van der Waals surface area contributed by atoms with Crippen molar-refractivity contribution in [3.05, 3.63) is 39.2 Å². The summed E-state index contributed by atoms with van der Waals surface area (Å²) in [4.78, 5) is 13.2. The topological polar surface area (TPSA) is 38.7 Å². The molecule has 2 aromatic heterocycles. The largest absolute Gasteiger partial charge is 0.250 e. The molecule has 0 radical (unpaired) electrons. The van der Waals surface area contributed by atoms with Crippen molar-refractivity contribution in [3.63, 3.8) is 0 Å². The lowest BCUT2D eigenvalue weighted by atomic mass is 10.1. The second-order valence-corrected chi connectivity index (χ2v) is 5.51. The summed E-state index contributed by atoms with van der Waals surface area (Å²) in [6.07, 6.45) is 0. The Morgan fingerprint density at radius 1 is 1.17 bits per heavy atom. The zero-order valence-corrected chi connectivity index (χ0v) is 12.7. The summed E-state index contributed by atoms with van der Waals surface area (Å²) in [7, 11) is 0. The minimum absolute atomic E-state index is 0.267. The second-order valence-electron chi connectivity index (χ2n) is 4.36. The van der Waals surface area contributed by atoms with E-state index in [9.17, 15) is 0 Å². The number of halogens is 2. The molecular weight excluding hydrogens is 314 g/mol. The number of nitrogens with zero attached hydrogens (tertiary/aromatic N) is 3. The summed E-state index contributed by atoms with van der Waals surface area (Å²) < 4.78 is 0.760. The molecule has 0 aliphatic heterocycles. The van der Waals surface area contributed by atoms with Crippen molar-refractivity contribution in [1.29, 1.82) is 0 Å². The molecule has 0 fully saturated rings. The van der Waals surface area contributed by atoms with E-state index in [1.54, 1.807) is 0 Å². The van der Waals surface area contributed by atoms with Crippen molar-refractivity contribution >= 4 is 27.5 Å². The molecule has 0 N–H and O–H groups in total. The molecule has 5 heteroatoms. The highest BCUT2D eigenvalue weighted by Crippen LogP contribution is 2.30. The van der Waals surface area contributed by atoms with Gasteiger partial charge in [-0.1, -0.05) is 31.5 Å². The molecule has 0 aliphatic carbocycles. The van der Waals surface area contributed by atoms with Gasteiger partial charge in [0, 0.05) is 5.69 Å². The van der Waals surface area contributed by atoms with Gasteiger partial charge in [0.1, 0.15) is 10.8 Å². The fraction of sp³-hybridized carbons (Fsp3) is 0.308. The number of hydrogen-bond acceptors (Lipinski definition) is 3. The van der Waals surface area contributed by atoms with Crippen molar-refractivity contribution in [3.8, 4) is 11.5 Å². The summed E-state index contributed by atoms with van der Waals surface area (Å²) >= 11 is 9.55. The molecule has 0 saturated carbocycles. The third kappa shape index (κ3) is 2.70. The number of pyridine rings is 1. The van der Waals surface area contributed by atoms with Crippen LogP contribution in [0.2, 0.25) is 5.15 Å². The summed E-state index contributed by atoms with van der Waals surface area (Å²) in [5, 5.41) is 0.423. The highest BCUT2D eigenvalue weighted by Gasteiger charge is 2.15. The van der Waals surface area contributed by atoms with E-state index in [-0.39, 0.29) is 5.92 Å². The zero-order valence-electron chi connectivity index (χ0n) is 10.4. The lowest BCUT2D eigenvalue weighted by molar-refractivity contribution is 0.808. The van der Waals surface area contributed by atoms with Gasteiger partial charge in [-0.2, -0.15) is 0 Å². The average molecular weight is 327 g/mol. The molecule has 0 spiro atoms.